The molecular formula is C17H20F2. The third-order valence-corrected chi connectivity index (χ3v) is 3.62. The van der Waals surface area contributed by atoms with Gasteiger partial charge in [0.15, 0.2) is 11.6 Å². The van der Waals surface area contributed by atoms with E-state index in [4.69, 9.17) is 0 Å². The van der Waals surface area contributed by atoms with E-state index in [1.54, 1.807) is 6.07 Å². The molecule has 1 aromatic rings. The Kier molecular flexibility index (Phi) is 4.89. The first-order valence-corrected chi connectivity index (χ1v) is 7.04. The molecule has 0 nitrogen and oxygen atoms in total. The highest BCUT2D eigenvalue weighted by atomic mass is 19.2. The fourth-order valence-electron chi connectivity index (χ4n) is 2.43. The van der Waals surface area contributed by atoms with Crippen molar-refractivity contribution in [2.75, 3.05) is 0 Å². The molecule has 19 heavy (non-hydrogen) atoms. The molecule has 1 unspecified atom stereocenters. The lowest BCUT2D eigenvalue weighted by molar-refractivity contribution is 0.508. The van der Waals surface area contributed by atoms with Crippen molar-refractivity contribution in [3.63, 3.8) is 0 Å². The van der Waals surface area contributed by atoms with Gasteiger partial charge in [-0.3, -0.25) is 0 Å². The van der Waals surface area contributed by atoms with Gasteiger partial charge in [-0.15, -0.1) is 0 Å². The van der Waals surface area contributed by atoms with E-state index in [1.807, 2.05) is 6.08 Å². The van der Waals surface area contributed by atoms with E-state index in [9.17, 15) is 8.78 Å². The largest absolute Gasteiger partial charge is 0.204 e. The Hall–Kier alpha value is -1.44. The lowest BCUT2D eigenvalue weighted by atomic mass is 9.89. The number of unbranched alkanes of at least 4 members (excludes halogenated alkanes) is 2. The molecule has 0 N–H and O–H groups in total. The van der Waals surface area contributed by atoms with Gasteiger partial charge in [0.05, 0.1) is 0 Å². The molecule has 0 amide bonds. The first kappa shape index (κ1) is 14.0. The van der Waals surface area contributed by atoms with E-state index in [0.717, 1.165) is 17.6 Å². The second-order valence-electron chi connectivity index (χ2n) is 5.14. The van der Waals surface area contributed by atoms with Crippen molar-refractivity contribution in [1.82, 2.24) is 0 Å². The number of hydrogen-bond acceptors (Lipinski definition) is 0. The van der Waals surface area contributed by atoms with E-state index < -0.39 is 11.6 Å². The molecule has 1 aliphatic carbocycles. The Balaban J connectivity index is 1.97. The first-order valence-electron chi connectivity index (χ1n) is 7.04. The Morgan fingerprint density at radius 1 is 1.16 bits per heavy atom. The van der Waals surface area contributed by atoms with Gasteiger partial charge in [0.25, 0.3) is 0 Å². The summed E-state index contributed by atoms with van der Waals surface area (Å²) in [6.07, 6.45) is 12.4. The van der Waals surface area contributed by atoms with Crippen LogP contribution in [0.1, 0.15) is 44.6 Å². The van der Waals surface area contributed by atoms with Crippen LogP contribution in [0.3, 0.4) is 0 Å². The molecule has 0 fully saturated rings. The Morgan fingerprint density at radius 3 is 2.63 bits per heavy atom. The first-order chi connectivity index (χ1) is 9.20. The Bertz CT molecular complexity index is 486. The maximum absolute atomic E-state index is 13.2. The van der Waals surface area contributed by atoms with Crippen LogP contribution in [-0.2, 0) is 0 Å². The number of hydrogen-bond donors (Lipinski definition) is 0. The zero-order valence-electron chi connectivity index (χ0n) is 11.3. The molecule has 0 bridgehead atoms. The Labute approximate surface area is 113 Å². The van der Waals surface area contributed by atoms with E-state index in [-0.39, 0.29) is 0 Å². The van der Waals surface area contributed by atoms with Crippen LogP contribution >= 0.6 is 0 Å². The summed E-state index contributed by atoms with van der Waals surface area (Å²) < 4.78 is 26.1. The van der Waals surface area contributed by atoms with E-state index in [0.29, 0.717) is 5.92 Å². The minimum absolute atomic E-state index is 0.598. The summed E-state index contributed by atoms with van der Waals surface area (Å²) in [6, 6.07) is 4.08. The van der Waals surface area contributed by atoms with Crippen LogP contribution in [0.4, 0.5) is 8.78 Å². The third kappa shape index (κ3) is 3.76. The van der Waals surface area contributed by atoms with Crippen molar-refractivity contribution in [3.8, 4) is 0 Å². The molecule has 1 atom stereocenters. The molecule has 102 valence electrons. The minimum atomic E-state index is -0.790. The van der Waals surface area contributed by atoms with Gasteiger partial charge in [0.1, 0.15) is 0 Å². The van der Waals surface area contributed by atoms with Crippen molar-refractivity contribution in [1.29, 1.82) is 0 Å². The van der Waals surface area contributed by atoms with Crippen LogP contribution in [0, 0.1) is 17.6 Å². The highest BCUT2D eigenvalue weighted by Gasteiger charge is 2.11. The number of rotatable bonds is 5. The average molecular weight is 262 g/mol. The van der Waals surface area contributed by atoms with Crippen molar-refractivity contribution in [2.45, 2.75) is 39.0 Å². The summed E-state index contributed by atoms with van der Waals surface area (Å²) >= 11 is 0. The predicted molar refractivity (Wildman–Crippen MR) is 75.7 cm³/mol. The van der Waals surface area contributed by atoms with Crippen LogP contribution in [0.15, 0.2) is 36.4 Å². The van der Waals surface area contributed by atoms with E-state index >= 15 is 0 Å². The van der Waals surface area contributed by atoms with Crippen LogP contribution in [0.5, 0.6) is 0 Å². The second kappa shape index (κ2) is 6.65. The van der Waals surface area contributed by atoms with Crippen molar-refractivity contribution in [3.05, 3.63) is 53.6 Å². The van der Waals surface area contributed by atoms with Gasteiger partial charge in [-0.2, -0.15) is 0 Å². The molecule has 0 aliphatic heterocycles. The lowest BCUT2D eigenvalue weighted by Gasteiger charge is -2.16. The summed E-state index contributed by atoms with van der Waals surface area (Å²) in [5.41, 5.74) is 1.74. The van der Waals surface area contributed by atoms with Gasteiger partial charge in [-0.05, 0) is 42.0 Å². The van der Waals surface area contributed by atoms with E-state index in [2.05, 4.69) is 19.1 Å². The molecule has 1 aromatic carbocycles. The monoisotopic (exact) mass is 262 g/mol. The zero-order valence-corrected chi connectivity index (χ0v) is 11.3. The maximum Gasteiger partial charge on any atom is 0.159 e. The predicted octanol–water partition coefficient (Wildman–Crippen LogP) is 5.50. The molecule has 2 heteroatoms. The maximum atomic E-state index is 13.2. The van der Waals surface area contributed by atoms with Gasteiger partial charge in [-0.1, -0.05) is 50.5 Å². The lowest BCUT2D eigenvalue weighted by Crippen LogP contribution is -2.00. The van der Waals surface area contributed by atoms with Crippen LogP contribution in [0.2, 0.25) is 0 Å². The summed E-state index contributed by atoms with van der Waals surface area (Å²) in [5.74, 6) is -0.973. The molecule has 2 rings (SSSR count). The molecule has 0 radical (unpaired) electrons. The molecular weight excluding hydrogens is 242 g/mol. The minimum Gasteiger partial charge on any atom is -0.204 e. The molecule has 0 saturated heterocycles. The van der Waals surface area contributed by atoms with Crippen LogP contribution in [-0.4, -0.2) is 0 Å². The number of allylic oxidation sites excluding steroid dienone is 4. The fraction of sp³-hybridized carbons (Fsp3) is 0.412. The third-order valence-electron chi connectivity index (χ3n) is 3.62. The Morgan fingerprint density at radius 2 is 2.00 bits per heavy atom. The quantitative estimate of drug-likeness (QED) is 0.614. The normalized spacial score (nSPS) is 18.5. The summed E-state index contributed by atoms with van der Waals surface area (Å²) in [6.45, 7) is 2.21. The smallest absolute Gasteiger partial charge is 0.159 e. The summed E-state index contributed by atoms with van der Waals surface area (Å²) in [4.78, 5) is 0. The van der Waals surface area contributed by atoms with Crippen molar-refractivity contribution in [2.24, 2.45) is 5.92 Å². The number of benzene rings is 1. The highest BCUT2D eigenvalue weighted by molar-refractivity contribution is 5.74. The number of halogens is 2. The van der Waals surface area contributed by atoms with Gasteiger partial charge >= 0.3 is 0 Å². The molecule has 0 heterocycles. The van der Waals surface area contributed by atoms with E-state index in [1.165, 1.54) is 37.8 Å². The molecule has 0 saturated carbocycles. The fourth-order valence-corrected chi connectivity index (χ4v) is 2.43. The van der Waals surface area contributed by atoms with Gasteiger partial charge < -0.3 is 0 Å². The van der Waals surface area contributed by atoms with Gasteiger partial charge in [0, 0.05) is 0 Å². The average Bonchev–Trinajstić information content (AvgIpc) is 2.43. The molecule has 1 aliphatic rings. The zero-order chi connectivity index (χ0) is 13.7. The van der Waals surface area contributed by atoms with Crippen LogP contribution in [0.25, 0.3) is 5.57 Å². The van der Waals surface area contributed by atoms with Gasteiger partial charge in [0.2, 0.25) is 0 Å². The topological polar surface area (TPSA) is 0 Å². The SMILES string of the molecule is CCCCCC1C=CC(c2ccc(F)c(F)c2)=CC1. The standard InChI is InChI=1S/C17H20F2/c1-2-3-4-5-13-6-8-14(9-7-13)15-10-11-16(18)17(19)12-15/h6,8-13H,2-5,7H2,1H3. The second-order valence-corrected chi connectivity index (χ2v) is 5.14. The van der Waals surface area contributed by atoms with Gasteiger partial charge in [-0.25, -0.2) is 8.78 Å². The van der Waals surface area contributed by atoms with Crippen LogP contribution < -0.4 is 0 Å². The molecule has 0 spiro atoms. The highest BCUT2D eigenvalue weighted by Crippen LogP contribution is 2.27. The van der Waals surface area contributed by atoms with Crippen molar-refractivity contribution >= 4 is 5.57 Å². The summed E-state index contributed by atoms with van der Waals surface area (Å²) in [5, 5.41) is 0. The summed E-state index contributed by atoms with van der Waals surface area (Å²) in [7, 11) is 0. The van der Waals surface area contributed by atoms with Crippen molar-refractivity contribution < 1.29 is 8.78 Å². The molecule has 0 aromatic heterocycles.